The third-order valence-corrected chi connectivity index (χ3v) is 2.94. The van der Waals surface area contributed by atoms with Crippen molar-refractivity contribution in [3.63, 3.8) is 0 Å². The summed E-state index contributed by atoms with van der Waals surface area (Å²) < 4.78 is 0. The van der Waals surface area contributed by atoms with Gasteiger partial charge < -0.3 is 0 Å². The smallest absolute Gasteiger partial charge is 0.0406 e. The number of halogens is 1. The Morgan fingerprint density at radius 2 is 1.92 bits per heavy atom. The maximum Gasteiger partial charge on any atom is 0.0406 e. The van der Waals surface area contributed by atoms with Crippen molar-refractivity contribution in [3.8, 4) is 0 Å². The van der Waals surface area contributed by atoms with Gasteiger partial charge in [-0.1, -0.05) is 30.7 Å². The van der Waals surface area contributed by atoms with E-state index < -0.39 is 0 Å². The largest absolute Gasteiger partial charge is 0.0843 e. The second-order valence-corrected chi connectivity index (χ2v) is 4.35. The van der Waals surface area contributed by atoms with Gasteiger partial charge in [0, 0.05) is 5.02 Å². The fourth-order valence-electron chi connectivity index (χ4n) is 1.64. The Morgan fingerprint density at radius 1 is 1.31 bits per heavy atom. The van der Waals surface area contributed by atoms with E-state index in [0.29, 0.717) is 0 Å². The Balaban J connectivity index is 1.96. The van der Waals surface area contributed by atoms with E-state index in [4.69, 9.17) is 11.6 Å². The van der Waals surface area contributed by atoms with Crippen molar-refractivity contribution in [3.05, 3.63) is 41.3 Å². The zero-order valence-corrected chi connectivity index (χ0v) is 8.59. The average Bonchev–Trinajstić information content (AvgIpc) is 2.91. The van der Waals surface area contributed by atoms with Gasteiger partial charge in [-0.2, -0.15) is 0 Å². The number of rotatable bonds is 3. The lowest BCUT2D eigenvalue weighted by Gasteiger charge is -2.08. The predicted octanol–water partition coefficient (Wildman–Crippen LogP) is 3.94. The van der Waals surface area contributed by atoms with Crippen LogP contribution in [0.25, 0.3) is 0 Å². The molecular weight excluding hydrogens is 180 g/mol. The molecule has 1 atom stereocenters. The Labute approximate surface area is 84.9 Å². The summed E-state index contributed by atoms with van der Waals surface area (Å²) in [6.45, 7) is 2.30. The van der Waals surface area contributed by atoms with Crippen molar-refractivity contribution in [1.29, 1.82) is 0 Å². The molecule has 0 N–H and O–H groups in total. The minimum atomic E-state index is 0.723. The number of hydrogen-bond donors (Lipinski definition) is 0. The van der Waals surface area contributed by atoms with Gasteiger partial charge in [0.2, 0.25) is 0 Å². The lowest BCUT2D eigenvalue weighted by molar-refractivity contribution is 0.594. The second-order valence-electron chi connectivity index (χ2n) is 3.91. The molecule has 13 heavy (non-hydrogen) atoms. The molecule has 0 aromatic heterocycles. The Morgan fingerprint density at radius 3 is 2.46 bits per heavy atom. The molecule has 1 radical (unpaired) electrons. The standard InChI is InChI=1S/C12H14Cl/c1-9(11-4-5-11)8-10-2-6-12(13)7-3-10/h2-3,6-9,11H,4-5H2,1H3. The molecule has 1 heteroatoms. The third-order valence-electron chi connectivity index (χ3n) is 2.69. The molecule has 1 aromatic carbocycles. The first kappa shape index (κ1) is 9.08. The molecule has 0 amide bonds. The van der Waals surface area contributed by atoms with E-state index in [-0.39, 0.29) is 0 Å². The average molecular weight is 194 g/mol. The molecule has 1 unspecified atom stereocenters. The van der Waals surface area contributed by atoms with Crippen LogP contribution in [0.5, 0.6) is 0 Å². The van der Waals surface area contributed by atoms with Crippen LogP contribution in [0.15, 0.2) is 24.3 Å². The third kappa shape index (κ3) is 2.47. The van der Waals surface area contributed by atoms with Gasteiger partial charge in [0.05, 0.1) is 0 Å². The van der Waals surface area contributed by atoms with Crippen LogP contribution in [-0.4, -0.2) is 0 Å². The molecule has 1 saturated carbocycles. The topological polar surface area (TPSA) is 0 Å². The number of benzene rings is 1. The summed E-state index contributed by atoms with van der Waals surface area (Å²) in [7, 11) is 0. The van der Waals surface area contributed by atoms with Crippen LogP contribution in [0.4, 0.5) is 0 Å². The quantitative estimate of drug-likeness (QED) is 0.682. The van der Waals surface area contributed by atoms with Gasteiger partial charge >= 0.3 is 0 Å². The van der Waals surface area contributed by atoms with E-state index in [2.05, 4.69) is 25.5 Å². The lowest BCUT2D eigenvalue weighted by atomic mass is 9.97. The lowest BCUT2D eigenvalue weighted by Crippen LogP contribution is -1.98. The van der Waals surface area contributed by atoms with Gasteiger partial charge in [0.1, 0.15) is 0 Å². The molecule has 69 valence electrons. The van der Waals surface area contributed by atoms with Crippen LogP contribution in [0.1, 0.15) is 25.3 Å². The maximum atomic E-state index is 5.81. The van der Waals surface area contributed by atoms with E-state index in [0.717, 1.165) is 16.9 Å². The van der Waals surface area contributed by atoms with Crippen molar-refractivity contribution in [2.45, 2.75) is 19.8 Å². The van der Waals surface area contributed by atoms with Gasteiger partial charge in [-0.15, -0.1) is 0 Å². The van der Waals surface area contributed by atoms with E-state index in [1.54, 1.807) is 0 Å². The molecule has 1 aromatic rings. The molecule has 0 aliphatic heterocycles. The van der Waals surface area contributed by atoms with Crippen LogP contribution in [0.2, 0.25) is 5.02 Å². The summed E-state index contributed by atoms with van der Waals surface area (Å²) in [4.78, 5) is 0. The van der Waals surface area contributed by atoms with Gasteiger partial charge in [0.15, 0.2) is 0 Å². The molecular formula is C12H14Cl. The maximum absolute atomic E-state index is 5.81. The van der Waals surface area contributed by atoms with Crippen molar-refractivity contribution in [1.82, 2.24) is 0 Å². The summed E-state index contributed by atoms with van der Waals surface area (Å²) in [5, 5.41) is 0.816. The molecule has 2 rings (SSSR count). The first-order chi connectivity index (χ1) is 6.25. The van der Waals surface area contributed by atoms with Crippen LogP contribution in [-0.2, 0) is 0 Å². The van der Waals surface area contributed by atoms with Crippen LogP contribution < -0.4 is 0 Å². The Hall–Kier alpha value is -0.490. The minimum absolute atomic E-state index is 0.723. The van der Waals surface area contributed by atoms with Crippen molar-refractivity contribution >= 4 is 11.6 Å². The first-order valence-electron chi connectivity index (χ1n) is 4.86. The first-order valence-corrected chi connectivity index (χ1v) is 5.24. The molecule has 0 bridgehead atoms. The molecule has 1 aliphatic rings. The van der Waals surface area contributed by atoms with Crippen molar-refractivity contribution in [2.24, 2.45) is 11.8 Å². The summed E-state index contributed by atoms with van der Waals surface area (Å²) in [5.41, 5.74) is 1.30. The summed E-state index contributed by atoms with van der Waals surface area (Å²) in [6, 6.07) is 8.07. The molecule has 1 fully saturated rings. The van der Waals surface area contributed by atoms with E-state index >= 15 is 0 Å². The SMILES string of the molecule is CC([CH]c1ccc(Cl)cc1)C1CC1. The summed E-state index contributed by atoms with van der Waals surface area (Å²) in [5.74, 6) is 1.66. The highest BCUT2D eigenvalue weighted by Crippen LogP contribution is 2.38. The summed E-state index contributed by atoms with van der Waals surface area (Å²) >= 11 is 5.81. The zero-order valence-electron chi connectivity index (χ0n) is 7.83. The van der Waals surface area contributed by atoms with Gasteiger partial charge in [-0.3, -0.25) is 0 Å². The van der Waals surface area contributed by atoms with Gasteiger partial charge in [-0.05, 0) is 48.8 Å². The van der Waals surface area contributed by atoms with E-state index in [9.17, 15) is 0 Å². The van der Waals surface area contributed by atoms with Crippen LogP contribution in [0.3, 0.4) is 0 Å². The summed E-state index contributed by atoms with van der Waals surface area (Å²) in [6.07, 6.45) is 5.16. The highest BCUT2D eigenvalue weighted by atomic mass is 35.5. The molecule has 0 saturated heterocycles. The predicted molar refractivity (Wildman–Crippen MR) is 56.7 cm³/mol. The second kappa shape index (κ2) is 3.71. The zero-order chi connectivity index (χ0) is 9.26. The Bertz CT molecular complexity index is 272. The molecule has 1 aliphatic carbocycles. The van der Waals surface area contributed by atoms with Crippen molar-refractivity contribution in [2.75, 3.05) is 0 Å². The molecule has 0 nitrogen and oxygen atoms in total. The van der Waals surface area contributed by atoms with E-state index in [1.807, 2.05) is 12.1 Å². The fraction of sp³-hybridized carbons (Fsp3) is 0.417. The van der Waals surface area contributed by atoms with Crippen LogP contribution in [0, 0.1) is 18.3 Å². The van der Waals surface area contributed by atoms with Gasteiger partial charge in [-0.25, -0.2) is 0 Å². The van der Waals surface area contributed by atoms with Crippen LogP contribution >= 0.6 is 11.6 Å². The minimum Gasteiger partial charge on any atom is -0.0843 e. The number of hydrogen-bond acceptors (Lipinski definition) is 0. The normalized spacial score (nSPS) is 18.6. The van der Waals surface area contributed by atoms with E-state index in [1.165, 1.54) is 18.4 Å². The highest BCUT2D eigenvalue weighted by Gasteiger charge is 2.27. The highest BCUT2D eigenvalue weighted by molar-refractivity contribution is 6.30. The Kier molecular flexibility index (Phi) is 2.59. The fourth-order valence-corrected chi connectivity index (χ4v) is 1.76. The molecule has 0 spiro atoms. The monoisotopic (exact) mass is 193 g/mol. The van der Waals surface area contributed by atoms with Gasteiger partial charge in [0.25, 0.3) is 0 Å². The molecule has 0 heterocycles. The van der Waals surface area contributed by atoms with Crippen molar-refractivity contribution < 1.29 is 0 Å².